The monoisotopic (exact) mass is 275 g/mol. The minimum atomic E-state index is -0.190. The van der Waals surface area contributed by atoms with Gasteiger partial charge in [-0.3, -0.25) is 0 Å². The highest BCUT2D eigenvalue weighted by Gasteiger charge is 2.58. The van der Waals surface area contributed by atoms with Crippen molar-refractivity contribution >= 4 is 15.9 Å². The Morgan fingerprint density at radius 3 is 2.50 bits per heavy atom. The van der Waals surface area contributed by atoms with Crippen LogP contribution >= 0.6 is 15.9 Å². The van der Waals surface area contributed by atoms with Gasteiger partial charge in [0, 0.05) is 4.47 Å². The molecule has 0 aliphatic heterocycles. The van der Waals surface area contributed by atoms with E-state index in [0.717, 1.165) is 17.3 Å². The summed E-state index contributed by atoms with van der Waals surface area (Å²) in [6, 6.07) is 10.8. The van der Waals surface area contributed by atoms with Gasteiger partial charge in [0.05, 0.1) is 11.5 Å². The van der Waals surface area contributed by atoms with E-state index in [1.54, 1.807) is 0 Å². The van der Waals surface area contributed by atoms with Crippen LogP contribution in [0.25, 0.3) is 0 Å². The van der Waals surface area contributed by atoms with E-state index < -0.39 is 0 Å². The van der Waals surface area contributed by atoms with Gasteiger partial charge >= 0.3 is 0 Å². The van der Waals surface area contributed by atoms with E-state index in [9.17, 15) is 5.26 Å². The zero-order valence-corrected chi connectivity index (χ0v) is 10.8. The van der Waals surface area contributed by atoms with Gasteiger partial charge in [-0.05, 0) is 48.8 Å². The molecule has 0 aromatic heterocycles. The summed E-state index contributed by atoms with van der Waals surface area (Å²) < 4.78 is 1.08. The first-order valence-corrected chi connectivity index (χ1v) is 6.65. The van der Waals surface area contributed by atoms with Crippen molar-refractivity contribution in [2.24, 2.45) is 5.41 Å². The molecule has 1 spiro atoms. The number of benzene rings is 1. The molecular formula is C14H14BrN. The molecular weight excluding hydrogens is 262 g/mol. The van der Waals surface area contributed by atoms with E-state index in [0.29, 0.717) is 5.41 Å². The molecule has 0 radical (unpaired) electrons. The maximum atomic E-state index is 9.47. The van der Waals surface area contributed by atoms with Crippen LogP contribution in [-0.2, 0) is 5.41 Å². The number of rotatable bonds is 1. The predicted octanol–water partition coefficient (Wildman–Crippen LogP) is 4.17. The molecule has 3 rings (SSSR count). The van der Waals surface area contributed by atoms with Gasteiger partial charge in [0.15, 0.2) is 0 Å². The summed E-state index contributed by atoms with van der Waals surface area (Å²) in [7, 11) is 0. The van der Waals surface area contributed by atoms with Crippen LogP contribution in [0.1, 0.15) is 37.7 Å². The third-order valence-electron chi connectivity index (χ3n) is 4.36. The van der Waals surface area contributed by atoms with Gasteiger partial charge in [0.1, 0.15) is 0 Å². The topological polar surface area (TPSA) is 23.8 Å². The Balaban J connectivity index is 1.90. The fourth-order valence-electron chi connectivity index (χ4n) is 3.39. The fourth-order valence-corrected chi connectivity index (χ4v) is 3.79. The molecule has 82 valence electrons. The molecule has 0 saturated heterocycles. The van der Waals surface area contributed by atoms with Crippen LogP contribution in [-0.4, -0.2) is 0 Å². The van der Waals surface area contributed by atoms with Crippen LogP contribution in [0.5, 0.6) is 0 Å². The van der Waals surface area contributed by atoms with Crippen molar-refractivity contribution in [3.63, 3.8) is 0 Å². The zero-order chi connectivity index (χ0) is 11.2. The van der Waals surface area contributed by atoms with Crippen LogP contribution in [0, 0.1) is 16.7 Å². The largest absolute Gasteiger partial charge is 0.197 e. The third kappa shape index (κ3) is 1.34. The van der Waals surface area contributed by atoms with Crippen molar-refractivity contribution in [3.8, 4) is 6.07 Å². The van der Waals surface area contributed by atoms with Gasteiger partial charge in [-0.2, -0.15) is 5.26 Å². The highest BCUT2D eigenvalue weighted by molar-refractivity contribution is 9.10. The second kappa shape index (κ2) is 3.34. The highest BCUT2D eigenvalue weighted by atomic mass is 79.9. The fraction of sp³-hybridized carbons (Fsp3) is 0.500. The lowest BCUT2D eigenvalue weighted by atomic mass is 9.44. The average molecular weight is 276 g/mol. The molecule has 1 nitrogen and oxygen atoms in total. The Labute approximate surface area is 105 Å². The van der Waals surface area contributed by atoms with Crippen molar-refractivity contribution < 1.29 is 0 Å². The molecule has 0 amide bonds. The Kier molecular flexibility index (Phi) is 2.16. The Hall–Kier alpha value is -0.810. The van der Waals surface area contributed by atoms with E-state index in [-0.39, 0.29) is 5.41 Å². The highest BCUT2D eigenvalue weighted by Crippen LogP contribution is 2.64. The van der Waals surface area contributed by atoms with Crippen LogP contribution < -0.4 is 0 Å². The maximum absolute atomic E-state index is 9.47. The summed E-state index contributed by atoms with van der Waals surface area (Å²) in [5.74, 6) is 0. The van der Waals surface area contributed by atoms with Gasteiger partial charge in [0.2, 0.25) is 0 Å². The second-order valence-electron chi connectivity index (χ2n) is 5.41. The lowest BCUT2D eigenvalue weighted by Crippen LogP contribution is -2.52. The summed E-state index contributed by atoms with van der Waals surface area (Å²) in [4.78, 5) is 0. The van der Waals surface area contributed by atoms with Crippen LogP contribution in [0.15, 0.2) is 28.7 Å². The van der Waals surface area contributed by atoms with Crippen LogP contribution in [0.2, 0.25) is 0 Å². The minimum absolute atomic E-state index is 0.190. The van der Waals surface area contributed by atoms with Gasteiger partial charge < -0.3 is 0 Å². The van der Waals surface area contributed by atoms with Crippen molar-refractivity contribution in [1.29, 1.82) is 5.26 Å². The standard InChI is InChI=1S/C14H14BrN/c15-12-4-1-3-11(7-12)14(10-16)8-13(9-14)5-2-6-13/h1,3-4,7H,2,5-6,8-9H2. The van der Waals surface area contributed by atoms with Crippen LogP contribution in [0.3, 0.4) is 0 Å². The summed E-state index contributed by atoms with van der Waals surface area (Å²) in [5.41, 5.74) is 1.55. The molecule has 1 aromatic carbocycles. The van der Waals surface area contributed by atoms with E-state index >= 15 is 0 Å². The molecule has 16 heavy (non-hydrogen) atoms. The first kappa shape index (κ1) is 10.4. The minimum Gasteiger partial charge on any atom is -0.197 e. The first-order valence-electron chi connectivity index (χ1n) is 5.86. The Bertz CT molecular complexity index is 460. The predicted molar refractivity (Wildman–Crippen MR) is 67.0 cm³/mol. The Morgan fingerprint density at radius 2 is 2.00 bits per heavy atom. The molecule has 2 saturated carbocycles. The second-order valence-corrected chi connectivity index (χ2v) is 6.33. The van der Waals surface area contributed by atoms with E-state index in [4.69, 9.17) is 0 Å². The van der Waals surface area contributed by atoms with E-state index in [2.05, 4.69) is 34.1 Å². The average Bonchev–Trinajstić information content (AvgIpc) is 2.15. The number of nitrogens with zero attached hydrogens (tertiary/aromatic N) is 1. The van der Waals surface area contributed by atoms with Gasteiger partial charge in [0.25, 0.3) is 0 Å². The summed E-state index contributed by atoms with van der Waals surface area (Å²) in [5, 5.41) is 9.47. The Morgan fingerprint density at radius 1 is 1.25 bits per heavy atom. The van der Waals surface area contributed by atoms with Crippen molar-refractivity contribution in [2.45, 2.75) is 37.5 Å². The third-order valence-corrected chi connectivity index (χ3v) is 4.85. The van der Waals surface area contributed by atoms with Crippen molar-refractivity contribution in [3.05, 3.63) is 34.3 Å². The summed E-state index contributed by atoms with van der Waals surface area (Å²) in [6.45, 7) is 0. The quantitative estimate of drug-likeness (QED) is 0.755. The SMILES string of the molecule is N#CC1(c2cccc(Br)c2)CC2(CCC2)C1. The number of nitriles is 1. The zero-order valence-electron chi connectivity index (χ0n) is 9.17. The molecule has 2 fully saturated rings. The molecule has 0 bridgehead atoms. The number of hydrogen-bond acceptors (Lipinski definition) is 1. The molecule has 2 aliphatic rings. The lowest BCUT2D eigenvalue weighted by Gasteiger charge is -2.58. The molecule has 0 N–H and O–H groups in total. The van der Waals surface area contributed by atoms with Gasteiger partial charge in [-0.1, -0.05) is 34.5 Å². The molecule has 0 heterocycles. The smallest absolute Gasteiger partial charge is 0.0833 e. The van der Waals surface area contributed by atoms with Crippen molar-refractivity contribution in [1.82, 2.24) is 0 Å². The summed E-state index contributed by atoms with van der Waals surface area (Å²) in [6.07, 6.45) is 6.19. The molecule has 2 heteroatoms. The molecule has 0 atom stereocenters. The van der Waals surface area contributed by atoms with Gasteiger partial charge in [-0.25, -0.2) is 0 Å². The van der Waals surface area contributed by atoms with Gasteiger partial charge in [-0.15, -0.1) is 0 Å². The van der Waals surface area contributed by atoms with Crippen molar-refractivity contribution in [2.75, 3.05) is 0 Å². The molecule has 2 aliphatic carbocycles. The molecule has 0 unspecified atom stereocenters. The maximum Gasteiger partial charge on any atom is 0.0833 e. The number of halogens is 1. The summed E-state index contributed by atoms with van der Waals surface area (Å²) >= 11 is 3.49. The normalized spacial score (nSPS) is 24.2. The van der Waals surface area contributed by atoms with E-state index in [1.807, 2.05) is 12.1 Å². The number of hydrogen-bond donors (Lipinski definition) is 0. The van der Waals surface area contributed by atoms with E-state index in [1.165, 1.54) is 24.8 Å². The first-order chi connectivity index (χ1) is 7.68. The van der Waals surface area contributed by atoms with Crippen LogP contribution in [0.4, 0.5) is 0 Å². The lowest BCUT2D eigenvalue weighted by molar-refractivity contribution is -0.0227. The molecule has 1 aromatic rings.